The normalized spacial score (nSPS) is 10.5. The number of halogens is 2. The van der Waals surface area contributed by atoms with E-state index in [9.17, 15) is 18.4 Å². The molecule has 0 aliphatic heterocycles. The van der Waals surface area contributed by atoms with Gasteiger partial charge in [-0.2, -0.15) is 0 Å². The Bertz CT molecular complexity index is 872. The molecule has 0 atom stereocenters. The van der Waals surface area contributed by atoms with Crippen molar-refractivity contribution >= 4 is 11.9 Å². The van der Waals surface area contributed by atoms with Gasteiger partial charge in [-0.25, -0.2) is 13.6 Å². The molecule has 2 aromatic carbocycles. The van der Waals surface area contributed by atoms with Crippen molar-refractivity contribution < 1.29 is 27.8 Å². The zero-order valence-corrected chi connectivity index (χ0v) is 14.6. The molecule has 0 amide bonds. The lowest BCUT2D eigenvalue weighted by molar-refractivity contribution is -0.138. The van der Waals surface area contributed by atoms with Crippen LogP contribution in [0.15, 0.2) is 48.6 Å². The van der Waals surface area contributed by atoms with Crippen LogP contribution in [0.25, 0.3) is 11.1 Å². The first-order valence-electron chi connectivity index (χ1n) is 7.88. The van der Waals surface area contributed by atoms with E-state index < -0.39 is 29.5 Å². The number of hydrogen-bond donors (Lipinski definition) is 0. The number of carbonyl (C=O) groups excluding carboxylic acids is 2. The summed E-state index contributed by atoms with van der Waals surface area (Å²) in [6, 6.07) is 7.82. The molecule has 0 heterocycles. The Labute approximate surface area is 150 Å². The number of rotatable bonds is 5. The Morgan fingerprint density at radius 1 is 0.923 bits per heavy atom. The molecule has 0 N–H and O–H groups in total. The predicted octanol–water partition coefficient (Wildman–Crippen LogP) is 4.67. The van der Waals surface area contributed by atoms with E-state index in [-0.39, 0.29) is 17.1 Å². The SMILES string of the molecule is C=C(C)C(=O)Oc1ccc(-c2ccc(OC(=O)C(C)C)c(F)c2)cc1F. The van der Waals surface area contributed by atoms with Crippen LogP contribution in [0.5, 0.6) is 11.5 Å². The number of carbonyl (C=O) groups is 2. The lowest BCUT2D eigenvalue weighted by Gasteiger charge is -2.10. The fraction of sp³-hybridized carbons (Fsp3) is 0.200. The highest BCUT2D eigenvalue weighted by Crippen LogP contribution is 2.29. The van der Waals surface area contributed by atoms with Gasteiger partial charge in [0.05, 0.1) is 5.92 Å². The third-order valence-electron chi connectivity index (χ3n) is 3.43. The summed E-state index contributed by atoms with van der Waals surface area (Å²) in [7, 11) is 0. The summed E-state index contributed by atoms with van der Waals surface area (Å²) >= 11 is 0. The molecule has 136 valence electrons. The highest BCUT2D eigenvalue weighted by molar-refractivity contribution is 5.88. The van der Waals surface area contributed by atoms with Crippen LogP contribution in [0, 0.1) is 17.6 Å². The molecule has 0 unspecified atom stereocenters. The van der Waals surface area contributed by atoms with Gasteiger partial charge in [-0.15, -0.1) is 0 Å². The van der Waals surface area contributed by atoms with Crippen molar-refractivity contribution in [2.45, 2.75) is 20.8 Å². The summed E-state index contributed by atoms with van der Waals surface area (Å²) in [5.74, 6) is -3.63. The van der Waals surface area contributed by atoms with Crippen LogP contribution in [0.4, 0.5) is 8.78 Å². The Hall–Kier alpha value is -3.02. The van der Waals surface area contributed by atoms with Crippen LogP contribution in [0.2, 0.25) is 0 Å². The van der Waals surface area contributed by atoms with Gasteiger partial charge in [0.1, 0.15) is 0 Å². The van der Waals surface area contributed by atoms with Crippen LogP contribution in [0.3, 0.4) is 0 Å². The lowest BCUT2D eigenvalue weighted by Crippen LogP contribution is -2.15. The van der Waals surface area contributed by atoms with E-state index in [0.717, 1.165) is 12.1 Å². The van der Waals surface area contributed by atoms with Crippen LogP contribution < -0.4 is 9.47 Å². The molecule has 26 heavy (non-hydrogen) atoms. The van der Waals surface area contributed by atoms with Crippen LogP contribution in [-0.2, 0) is 9.59 Å². The lowest BCUT2D eigenvalue weighted by atomic mass is 10.0. The first-order chi connectivity index (χ1) is 12.2. The standard InChI is InChI=1S/C20H18F2O4/c1-11(2)19(23)25-17-7-5-13(9-15(17)21)14-6-8-18(16(22)10-14)26-20(24)12(3)4/h5-10,12H,1H2,2-4H3. The van der Waals surface area contributed by atoms with Gasteiger partial charge in [-0.1, -0.05) is 32.6 Å². The minimum atomic E-state index is -0.771. The molecular formula is C20H18F2O4. The second-order valence-corrected chi connectivity index (χ2v) is 6.04. The largest absolute Gasteiger partial charge is 0.423 e. The van der Waals surface area contributed by atoms with Gasteiger partial charge in [0.15, 0.2) is 23.1 Å². The van der Waals surface area contributed by atoms with Crippen molar-refractivity contribution in [1.82, 2.24) is 0 Å². The molecule has 0 radical (unpaired) electrons. The fourth-order valence-electron chi connectivity index (χ4n) is 1.94. The first kappa shape index (κ1) is 19.3. The van der Waals surface area contributed by atoms with Crippen molar-refractivity contribution in [3.05, 3.63) is 60.2 Å². The molecule has 2 aromatic rings. The topological polar surface area (TPSA) is 52.6 Å². The van der Waals surface area contributed by atoms with Gasteiger partial charge in [-0.3, -0.25) is 4.79 Å². The van der Waals surface area contributed by atoms with E-state index in [4.69, 9.17) is 9.47 Å². The molecule has 0 saturated heterocycles. The number of hydrogen-bond acceptors (Lipinski definition) is 4. The van der Waals surface area contributed by atoms with E-state index in [1.165, 1.54) is 31.2 Å². The monoisotopic (exact) mass is 360 g/mol. The smallest absolute Gasteiger partial charge is 0.338 e. The molecule has 0 spiro atoms. The zero-order valence-electron chi connectivity index (χ0n) is 14.6. The van der Waals surface area contributed by atoms with E-state index >= 15 is 0 Å². The quantitative estimate of drug-likeness (QED) is 0.442. The molecule has 0 bridgehead atoms. The van der Waals surface area contributed by atoms with E-state index in [0.29, 0.717) is 11.1 Å². The third kappa shape index (κ3) is 4.53. The first-order valence-corrected chi connectivity index (χ1v) is 7.88. The van der Waals surface area contributed by atoms with Crippen molar-refractivity contribution in [1.29, 1.82) is 0 Å². The molecule has 2 rings (SSSR count). The second-order valence-electron chi connectivity index (χ2n) is 6.04. The second kappa shape index (κ2) is 7.91. The molecule has 4 nitrogen and oxygen atoms in total. The average molecular weight is 360 g/mol. The van der Waals surface area contributed by atoms with Gasteiger partial charge in [0.2, 0.25) is 0 Å². The van der Waals surface area contributed by atoms with Gasteiger partial charge >= 0.3 is 11.9 Å². The molecule has 0 fully saturated rings. The number of benzene rings is 2. The van der Waals surface area contributed by atoms with Gasteiger partial charge in [0.25, 0.3) is 0 Å². The van der Waals surface area contributed by atoms with Crippen LogP contribution in [-0.4, -0.2) is 11.9 Å². The van der Waals surface area contributed by atoms with Crippen LogP contribution in [0.1, 0.15) is 20.8 Å². The number of esters is 2. The number of ether oxygens (including phenoxy) is 2. The van der Waals surface area contributed by atoms with Gasteiger partial charge in [-0.05, 0) is 42.3 Å². The zero-order chi connectivity index (χ0) is 19.4. The Balaban J connectivity index is 2.25. The Morgan fingerprint density at radius 3 is 1.77 bits per heavy atom. The Kier molecular flexibility index (Phi) is 5.87. The molecule has 0 saturated carbocycles. The minimum absolute atomic E-state index is 0.141. The van der Waals surface area contributed by atoms with Crippen molar-refractivity contribution in [3.8, 4) is 22.6 Å². The van der Waals surface area contributed by atoms with Gasteiger partial charge in [0, 0.05) is 5.57 Å². The maximum absolute atomic E-state index is 14.2. The minimum Gasteiger partial charge on any atom is -0.423 e. The molecular weight excluding hydrogens is 342 g/mol. The fourth-order valence-corrected chi connectivity index (χ4v) is 1.94. The summed E-state index contributed by atoms with van der Waals surface area (Å²) in [5, 5.41) is 0. The maximum Gasteiger partial charge on any atom is 0.338 e. The summed E-state index contributed by atoms with van der Waals surface area (Å²) in [6.45, 7) is 8.15. The Morgan fingerprint density at radius 2 is 1.38 bits per heavy atom. The molecule has 0 aromatic heterocycles. The van der Waals surface area contributed by atoms with Crippen molar-refractivity contribution in [2.24, 2.45) is 5.92 Å². The predicted molar refractivity (Wildman–Crippen MR) is 92.7 cm³/mol. The van der Waals surface area contributed by atoms with E-state index in [1.54, 1.807) is 13.8 Å². The average Bonchev–Trinajstić information content (AvgIpc) is 2.58. The van der Waals surface area contributed by atoms with E-state index in [2.05, 4.69) is 6.58 Å². The molecule has 0 aliphatic rings. The van der Waals surface area contributed by atoms with Gasteiger partial charge < -0.3 is 9.47 Å². The third-order valence-corrected chi connectivity index (χ3v) is 3.43. The summed E-state index contributed by atoms with van der Waals surface area (Å²) in [6.07, 6.45) is 0. The van der Waals surface area contributed by atoms with Crippen molar-refractivity contribution in [3.63, 3.8) is 0 Å². The highest BCUT2D eigenvalue weighted by atomic mass is 19.1. The van der Waals surface area contributed by atoms with Crippen LogP contribution >= 0.6 is 0 Å². The molecule has 6 heteroatoms. The van der Waals surface area contributed by atoms with E-state index in [1.807, 2.05) is 0 Å². The highest BCUT2D eigenvalue weighted by Gasteiger charge is 2.15. The summed E-state index contributed by atoms with van der Waals surface area (Å²) < 4.78 is 38.1. The molecule has 0 aliphatic carbocycles. The summed E-state index contributed by atoms with van der Waals surface area (Å²) in [5.41, 5.74) is 0.892. The maximum atomic E-state index is 14.2. The van der Waals surface area contributed by atoms with Crippen molar-refractivity contribution in [2.75, 3.05) is 0 Å². The summed E-state index contributed by atoms with van der Waals surface area (Å²) in [4.78, 5) is 23.0.